The average molecular weight is 1370 g/mol. The van der Waals surface area contributed by atoms with E-state index < -0.39 is 174 Å². The minimum absolute atomic E-state index is 0.00146. The van der Waals surface area contributed by atoms with Crippen molar-refractivity contribution in [1.29, 1.82) is 0 Å². The van der Waals surface area contributed by atoms with Gasteiger partial charge in [0.25, 0.3) is 0 Å². The normalized spacial score (nSPS) is 26.2. The summed E-state index contributed by atoms with van der Waals surface area (Å²) in [7, 11) is 9.73. The molecule has 3 heterocycles. The van der Waals surface area contributed by atoms with E-state index in [0.29, 0.717) is 57.3 Å². The highest BCUT2D eigenvalue weighted by atomic mass is 19.4. The third kappa shape index (κ3) is 19.7. The van der Waals surface area contributed by atoms with Crippen LogP contribution >= 0.6 is 0 Å². The molecule has 3 aliphatic heterocycles. The van der Waals surface area contributed by atoms with Gasteiger partial charge >= 0.3 is 6.18 Å². The van der Waals surface area contributed by atoms with Gasteiger partial charge in [-0.3, -0.25) is 57.5 Å². The molecule has 6 rings (SSSR count). The number of likely N-dealkylation sites (N-methyl/N-ethyl adjacent to an activating group) is 7. The molecule has 2 aliphatic carbocycles. The molecule has 0 radical (unpaired) electrons. The topological polar surface area (TPSA) is 270 Å². The van der Waals surface area contributed by atoms with Gasteiger partial charge in [-0.1, -0.05) is 99.0 Å². The Morgan fingerprint density at radius 1 is 0.629 bits per heavy atom. The highest BCUT2D eigenvalue weighted by Crippen LogP contribution is 2.36. The molecule has 5 fully saturated rings. The largest absolute Gasteiger partial charge is 0.419 e. The van der Waals surface area contributed by atoms with Gasteiger partial charge in [-0.2, -0.15) is 13.2 Å². The van der Waals surface area contributed by atoms with Crippen LogP contribution in [0.2, 0.25) is 0 Å². The number of hydrogen-bond acceptors (Lipinski definition) is 12. The Hall–Kier alpha value is -7.42. The maximum Gasteiger partial charge on any atom is 0.419 e. The number of hydrogen-bond donors (Lipinski definition) is 3. The van der Waals surface area contributed by atoms with Crippen LogP contribution in [0, 0.1) is 29.5 Å². The van der Waals surface area contributed by atoms with Gasteiger partial charge in [0.2, 0.25) is 70.9 Å². The minimum atomic E-state index is -5.00. The maximum absolute atomic E-state index is 15.4. The molecule has 1 aromatic rings. The highest BCUT2D eigenvalue weighted by Gasteiger charge is 2.51. The van der Waals surface area contributed by atoms with Crippen molar-refractivity contribution in [3.63, 3.8) is 0 Å². The highest BCUT2D eigenvalue weighted by molar-refractivity contribution is 6.00. The Morgan fingerprint density at radius 3 is 1.82 bits per heavy atom. The first-order chi connectivity index (χ1) is 45.5. The van der Waals surface area contributed by atoms with Crippen LogP contribution in [0.25, 0.3) is 0 Å². The molecule has 2 saturated carbocycles. The first kappa shape index (κ1) is 78.6. The maximum atomic E-state index is 15.4. The van der Waals surface area contributed by atoms with E-state index in [-0.39, 0.29) is 75.3 Å². The smallest absolute Gasteiger partial charge is 0.343 e. The van der Waals surface area contributed by atoms with E-state index in [1.165, 1.54) is 73.8 Å². The van der Waals surface area contributed by atoms with Crippen LogP contribution in [0.4, 0.5) is 17.6 Å². The molecule has 542 valence electrons. The SMILES string of the molecule is CC[C@H](C)[C@@H]1NC(=O)[C@H](CC(C)C)N(C)C(=O)C[C@@H](C(=O)N2CCCC2)N(C)C(=O)[C@H](C(C)C)N(C)C(=O)C2(CCCC2)NC(=O)C2CCCN2C(=O)[C@H](CCc2ccc(C(F)(F)F)c(F)c2)NC(=O)CN(C)C(=O)[C@H](CC2CCCCC2)N(C)C(=O)CN(C)C(=O)CN(C)C1=O. The molecule has 1 unspecified atom stereocenters. The summed E-state index contributed by atoms with van der Waals surface area (Å²) in [6.45, 7) is 9.65. The van der Waals surface area contributed by atoms with Crippen LogP contribution in [0.5, 0.6) is 0 Å². The number of fused-ring (bicyclic) bond motifs is 1. The molecule has 0 bridgehead atoms. The van der Waals surface area contributed by atoms with E-state index >= 15 is 18.8 Å². The number of nitrogens with zero attached hydrogens (tertiary/aromatic N) is 9. The summed E-state index contributed by atoms with van der Waals surface area (Å²) in [5.41, 5.74) is -3.06. The van der Waals surface area contributed by atoms with E-state index in [9.17, 15) is 56.3 Å². The van der Waals surface area contributed by atoms with Gasteiger partial charge in [0, 0.05) is 69.0 Å². The van der Waals surface area contributed by atoms with Crippen molar-refractivity contribution >= 4 is 70.9 Å². The molecular weight excluding hydrogens is 1260 g/mol. The number of carbonyl (C=O) groups excluding carboxylic acids is 12. The fourth-order valence-corrected chi connectivity index (χ4v) is 14.4. The number of carbonyl (C=O) groups is 12. The standard InChI is InChI=1S/C69H106F4N12O12/c1-14-44(6)58-65(95)79(9)40-56(88)77(7)41-57(89)81(11)52(37-45-23-16-15-17-24-45)63(93)78(8)39-54(86)74-49(29-27-46-26-28-47(48(70)36-46)69(71,72)73)62(92)85-34-22-25-50(85)61(91)76-68(30-18-19-31-68)67(97)83(13)59(43(4)5)66(96)82(12)53(64(94)84-32-20-21-33-84)38-55(87)80(10)51(35-42(2)3)60(90)75-58/h26,28,36,42-45,49-53,58-59H,14-25,27,29-35,37-41H2,1-13H3,(H,74,86)(H,75,90)(H,76,91)/t44-,49-,50?,51-,52-,53-,58-,59-/m0/s1. The zero-order chi connectivity index (χ0) is 72.1. The fraction of sp³-hybridized carbons (Fsp3) is 0.739. The van der Waals surface area contributed by atoms with E-state index in [2.05, 4.69) is 16.0 Å². The van der Waals surface area contributed by atoms with Crippen molar-refractivity contribution in [3.8, 4) is 0 Å². The van der Waals surface area contributed by atoms with Gasteiger partial charge in [0.15, 0.2) is 0 Å². The Bertz CT molecular complexity index is 3020. The summed E-state index contributed by atoms with van der Waals surface area (Å²) in [5.74, 6) is -11.0. The summed E-state index contributed by atoms with van der Waals surface area (Å²) in [6.07, 6.45) is 1.83. The fourth-order valence-electron chi connectivity index (χ4n) is 14.4. The second-order valence-electron chi connectivity index (χ2n) is 28.7. The Balaban J connectivity index is 1.41. The lowest BCUT2D eigenvalue weighted by molar-refractivity contribution is -0.156. The first-order valence-electron chi connectivity index (χ1n) is 34.7. The molecule has 1 spiro atoms. The molecule has 28 heteroatoms. The number of alkyl halides is 3. The predicted octanol–water partition coefficient (Wildman–Crippen LogP) is 4.59. The van der Waals surface area contributed by atoms with E-state index in [1.54, 1.807) is 25.7 Å². The zero-order valence-electron chi connectivity index (χ0n) is 59.2. The van der Waals surface area contributed by atoms with Crippen LogP contribution in [0.3, 0.4) is 0 Å². The van der Waals surface area contributed by atoms with Crippen molar-refractivity contribution in [2.45, 2.75) is 218 Å². The van der Waals surface area contributed by atoms with E-state index in [1.807, 2.05) is 20.8 Å². The van der Waals surface area contributed by atoms with Gasteiger partial charge in [-0.05, 0) is 106 Å². The molecule has 24 nitrogen and oxygen atoms in total. The van der Waals surface area contributed by atoms with Crippen molar-refractivity contribution in [3.05, 3.63) is 35.1 Å². The van der Waals surface area contributed by atoms with Gasteiger partial charge in [0.05, 0.1) is 31.6 Å². The van der Waals surface area contributed by atoms with Crippen LogP contribution in [0.15, 0.2) is 18.2 Å². The quantitative estimate of drug-likeness (QED) is 0.257. The van der Waals surface area contributed by atoms with Crippen LogP contribution in [-0.4, -0.2) is 251 Å². The molecule has 5 aliphatic rings. The molecule has 3 saturated heterocycles. The zero-order valence-corrected chi connectivity index (χ0v) is 59.2. The van der Waals surface area contributed by atoms with Crippen LogP contribution in [-0.2, 0) is 70.1 Å². The third-order valence-electron chi connectivity index (χ3n) is 20.6. The van der Waals surface area contributed by atoms with Crippen molar-refractivity contribution in [2.75, 3.05) is 88.6 Å². The molecule has 0 aromatic heterocycles. The van der Waals surface area contributed by atoms with Crippen LogP contribution < -0.4 is 16.0 Å². The third-order valence-corrected chi connectivity index (χ3v) is 20.6. The number of likely N-dealkylation sites (tertiary alicyclic amines) is 1. The molecular formula is C69H106F4N12O12. The number of nitrogens with one attached hydrogen (secondary N) is 3. The summed E-state index contributed by atoms with van der Waals surface area (Å²) < 4.78 is 56.0. The lowest BCUT2D eigenvalue weighted by Crippen LogP contribution is -2.65. The molecule has 8 atom stereocenters. The summed E-state index contributed by atoms with van der Waals surface area (Å²) in [6, 6.07) is -6.67. The Labute approximate surface area is 568 Å². The molecule has 12 amide bonds. The van der Waals surface area contributed by atoms with Crippen LogP contribution in [0.1, 0.15) is 168 Å². The monoisotopic (exact) mass is 1370 g/mol. The number of aryl methyl sites for hydroxylation is 1. The molecule has 3 N–H and O–H groups in total. The Morgan fingerprint density at radius 2 is 1.24 bits per heavy atom. The van der Waals surface area contributed by atoms with Gasteiger partial charge in [-0.25, -0.2) is 4.39 Å². The number of benzene rings is 1. The van der Waals surface area contributed by atoms with Gasteiger partial charge in [0.1, 0.15) is 53.6 Å². The predicted molar refractivity (Wildman–Crippen MR) is 352 cm³/mol. The lowest BCUT2D eigenvalue weighted by Gasteiger charge is -2.41. The summed E-state index contributed by atoms with van der Waals surface area (Å²) in [4.78, 5) is 188. The van der Waals surface area contributed by atoms with Gasteiger partial charge in [-0.15, -0.1) is 0 Å². The van der Waals surface area contributed by atoms with Crippen molar-refractivity contribution in [1.82, 2.24) is 60.0 Å². The number of amides is 12. The van der Waals surface area contributed by atoms with Gasteiger partial charge < -0.3 is 60.0 Å². The van der Waals surface area contributed by atoms with E-state index in [4.69, 9.17) is 0 Å². The molecule has 97 heavy (non-hydrogen) atoms. The van der Waals surface area contributed by atoms with Crippen molar-refractivity contribution in [2.24, 2.45) is 23.7 Å². The summed E-state index contributed by atoms with van der Waals surface area (Å²) in [5, 5.41) is 8.56. The first-order valence-corrected chi connectivity index (χ1v) is 34.7. The summed E-state index contributed by atoms with van der Waals surface area (Å²) >= 11 is 0. The average Bonchev–Trinajstić information content (AvgIpc) is 1.75. The van der Waals surface area contributed by atoms with Crippen molar-refractivity contribution < 1.29 is 75.1 Å². The van der Waals surface area contributed by atoms with E-state index in [0.717, 1.165) is 52.9 Å². The minimum Gasteiger partial charge on any atom is -0.343 e. The second-order valence-corrected chi connectivity index (χ2v) is 28.7. The number of halogens is 4. The second kappa shape index (κ2) is 34.4. The molecule has 1 aromatic carbocycles. The Kier molecular flexibility index (Phi) is 27.8. The lowest BCUT2D eigenvalue weighted by atomic mass is 9.84. The number of rotatable bonds is 11.